The molecule has 0 bridgehead atoms. The third kappa shape index (κ3) is 1.78. The maximum absolute atomic E-state index is 5.46. The van der Waals surface area contributed by atoms with Crippen molar-refractivity contribution in [2.24, 2.45) is 0 Å². The van der Waals surface area contributed by atoms with Gasteiger partial charge in [0, 0.05) is 17.9 Å². The van der Waals surface area contributed by atoms with Crippen LogP contribution in [0.5, 0.6) is 0 Å². The highest BCUT2D eigenvalue weighted by Gasteiger charge is 2.42. The van der Waals surface area contributed by atoms with Crippen LogP contribution >= 0.6 is 0 Å². The molecule has 3 nitrogen and oxygen atoms in total. The van der Waals surface area contributed by atoms with Crippen LogP contribution in [-0.4, -0.2) is 30.8 Å². The van der Waals surface area contributed by atoms with Crippen LogP contribution in [0, 0.1) is 0 Å². The van der Waals surface area contributed by atoms with Gasteiger partial charge in [-0.25, -0.2) is 0 Å². The lowest BCUT2D eigenvalue weighted by Gasteiger charge is -2.44. The number of nitrogens with one attached hydrogen (secondary N) is 2. The molecule has 1 aromatic heterocycles. The zero-order valence-corrected chi connectivity index (χ0v) is 9.67. The van der Waals surface area contributed by atoms with E-state index in [9.17, 15) is 0 Å². The van der Waals surface area contributed by atoms with Crippen LogP contribution in [-0.2, 0) is 10.2 Å². The molecule has 0 aromatic carbocycles. The number of hydrogen-bond acceptors (Lipinski definition) is 2. The van der Waals surface area contributed by atoms with Crippen LogP contribution < -0.4 is 5.32 Å². The molecule has 2 saturated heterocycles. The minimum atomic E-state index is 0.262. The second-order valence-electron chi connectivity index (χ2n) is 5.21. The first-order valence-electron chi connectivity index (χ1n) is 6.34. The molecule has 2 aliphatic rings. The molecule has 2 N–H and O–H groups in total. The molecule has 1 unspecified atom stereocenters. The maximum Gasteiger partial charge on any atom is 0.0600 e. The molecular weight excluding hydrogens is 200 g/mol. The van der Waals surface area contributed by atoms with Crippen molar-refractivity contribution in [1.82, 2.24) is 10.3 Å². The first-order chi connectivity index (χ1) is 7.89. The molecule has 88 valence electrons. The van der Waals surface area contributed by atoms with Crippen molar-refractivity contribution in [2.75, 3.05) is 19.8 Å². The van der Waals surface area contributed by atoms with Crippen LogP contribution in [0.2, 0.25) is 0 Å². The number of H-pyrrole nitrogens is 1. The minimum Gasteiger partial charge on any atom is -0.379 e. The lowest BCUT2D eigenvalue weighted by Crippen LogP contribution is -2.52. The summed E-state index contributed by atoms with van der Waals surface area (Å²) in [6, 6.07) is 4.97. The zero-order chi connectivity index (χ0) is 10.8. The number of ether oxygens (including phenoxy) is 1. The fraction of sp³-hybridized carbons (Fsp3) is 0.692. The van der Waals surface area contributed by atoms with E-state index in [1.165, 1.54) is 37.9 Å². The molecule has 0 aliphatic carbocycles. The molecule has 3 heteroatoms. The molecule has 16 heavy (non-hydrogen) atoms. The largest absolute Gasteiger partial charge is 0.379 e. The van der Waals surface area contributed by atoms with Crippen molar-refractivity contribution in [2.45, 2.75) is 37.1 Å². The number of piperidine rings is 1. The summed E-state index contributed by atoms with van der Waals surface area (Å²) in [5.41, 5.74) is 1.62. The van der Waals surface area contributed by atoms with Gasteiger partial charge in [0.1, 0.15) is 0 Å². The summed E-state index contributed by atoms with van der Waals surface area (Å²) in [5.74, 6) is 0. The van der Waals surface area contributed by atoms with Crippen molar-refractivity contribution >= 4 is 0 Å². The molecule has 0 radical (unpaired) electrons. The number of hydrogen-bond donors (Lipinski definition) is 2. The fourth-order valence-corrected chi connectivity index (χ4v) is 2.96. The second kappa shape index (κ2) is 4.22. The molecular formula is C13H20N2O. The van der Waals surface area contributed by atoms with Crippen molar-refractivity contribution in [3.05, 3.63) is 24.0 Å². The molecule has 1 aromatic rings. The van der Waals surface area contributed by atoms with Crippen molar-refractivity contribution in [3.8, 4) is 0 Å². The van der Waals surface area contributed by atoms with Gasteiger partial charge < -0.3 is 15.0 Å². The summed E-state index contributed by atoms with van der Waals surface area (Å²) in [6.07, 6.45) is 7.27. The van der Waals surface area contributed by atoms with E-state index in [-0.39, 0.29) is 5.41 Å². The summed E-state index contributed by atoms with van der Waals surface area (Å²) >= 11 is 0. The van der Waals surface area contributed by atoms with E-state index in [1.807, 2.05) is 6.20 Å². The van der Waals surface area contributed by atoms with Gasteiger partial charge in [-0.3, -0.25) is 0 Å². The van der Waals surface area contributed by atoms with Crippen molar-refractivity contribution in [3.63, 3.8) is 0 Å². The predicted molar refractivity (Wildman–Crippen MR) is 63.5 cm³/mol. The quantitative estimate of drug-likeness (QED) is 0.815. The van der Waals surface area contributed by atoms with Crippen LogP contribution in [0.1, 0.15) is 31.4 Å². The third-order valence-electron chi connectivity index (χ3n) is 3.98. The zero-order valence-electron chi connectivity index (χ0n) is 9.67. The van der Waals surface area contributed by atoms with Gasteiger partial charge in [0.05, 0.1) is 18.6 Å². The highest BCUT2D eigenvalue weighted by molar-refractivity contribution is 5.21. The number of aromatic amines is 1. The summed E-state index contributed by atoms with van der Waals surface area (Å²) in [6.45, 7) is 2.95. The van der Waals surface area contributed by atoms with Crippen LogP contribution in [0.25, 0.3) is 0 Å². The van der Waals surface area contributed by atoms with E-state index in [0.717, 1.165) is 13.2 Å². The molecule has 3 rings (SSSR count). The van der Waals surface area contributed by atoms with Gasteiger partial charge in [0.15, 0.2) is 0 Å². The lowest BCUT2D eigenvalue weighted by atomic mass is 9.75. The van der Waals surface area contributed by atoms with Crippen LogP contribution in [0.3, 0.4) is 0 Å². The summed E-state index contributed by atoms with van der Waals surface area (Å²) < 4.78 is 5.46. The Morgan fingerprint density at radius 3 is 2.88 bits per heavy atom. The van der Waals surface area contributed by atoms with Crippen LogP contribution in [0.15, 0.2) is 18.3 Å². The topological polar surface area (TPSA) is 37.0 Å². The first kappa shape index (κ1) is 10.4. The first-order valence-corrected chi connectivity index (χ1v) is 6.34. The monoisotopic (exact) mass is 220 g/mol. The fourth-order valence-electron chi connectivity index (χ4n) is 2.96. The Kier molecular flexibility index (Phi) is 2.74. The Bertz CT molecular complexity index is 324. The highest BCUT2D eigenvalue weighted by atomic mass is 16.5. The van der Waals surface area contributed by atoms with Gasteiger partial charge in [-0.1, -0.05) is 6.42 Å². The van der Waals surface area contributed by atoms with Crippen LogP contribution in [0.4, 0.5) is 0 Å². The molecule has 2 aliphatic heterocycles. The minimum absolute atomic E-state index is 0.262. The molecule has 2 fully saturated rings. The van der Waals surface area contributed by atoms with E-state index < -0.39 is 0 Å². The highest BCUT2D eigenvalue weighted by Crippen LogP contribution is 2.37. The molecule has 0 spiro atoms. The number of rotatable bonds is 3. The Morgan fingerprint density at radius 1 is 1.38 bits per heavy atom. The Morgan fingerprint density at radius 2 is 2.31 bits per heavy atom. The Balaban J connectivity index is 1.70. The van der Waals surface area contributed by atoms with Crippen molar-refractivity contribution in [1.29, 1.82) is 0 Å². The average molecular weight is 220 g/mol. The van der Waals surface area contributed by atoms with Gasteiger partial charge in [0.2, 0.25) is 0 Å². The predicted octanol–water partition coefficient (Wildman–Crippen LogP) is 1.81. The van der Waals surface area contributed by atoms with E-state index in [0.29, 0.717) is 6.04 Å². The second-order valence-corrected chi connectivity index (χ2v) is 5.21. The normalized spacial score (nSPS) is 28.6. The van der Waals surface area contributed by atoms with Gasteiger partial charge in [-0.05, 0) is 37.9 Å². The third-order valence-corrected chi connectivity index (χ3v) is 3.98. The van der Waals surface area contributed by atoms with E-state index in [4.69, 9.17) is 4.74 Å². The van der Waals surface area contributed by atoms with E-state index in [1.54, 1.807) is 0 Å². The molecule has 3 heterocycles. The molecule has 1 atom stereocenters. The smallest absolute Gasteiger partial charge is 0.0600 e. The SMILES string of the molecule is c1c[nH]c(C2(CC3CCCCN3)COC2)c1. The van der Waals surface area contributed by atoms with Gasteiger partial charge >= 0.3 is 0 Å². The van der Waals surface area contributed by atoms with E-state index >= 15 is 0 Å². The van der Waals surface area contributed by atoms with Gasteiger partial charge in [0.25, 0.3) is 0 Å². The Labute approximate surface area is 96.6 Å². The average Bonchev–Trinajstić information content (AvgIpc) is 2.78. The standard InChI is InChI=1S/C13H20N2O/c1-2-6-14-11(4-1)8-13(9-16-10-13)12-5-3-7-15-12/h3,5,7,11,14-15H,1-2,4,6,8-10H2. The summed E-state index contributed by atoms with van der Waals surface area (Å²) in [5, 5.41) is 3.64. The molecule has 0 saturated carbocycles. The van der Waals surface area contributed by atoms with E-state index in [2.05, 4.69) is 22.4 Å². The van der Waals surface area contributed by atoms with Gasteiger partial charge in [-0.15, -0.1) is 0 Å². The maximum atomic E-state index is 5.46. The summed E-state index contributed by atoms with van der Waals surface area (Å²) in [7, 11) is 0. The van der Waals surface area contributed by atoms with Gasteiger partial charge in [-0.2, -0.15) is 0 Å². The number of aromatic nitrogens is 1. The Hall–Kier alpha value is -0.800. The van der Waals surface area contributed by atoms with Crippen molar-refractivity contribution < 1.29 is 4.74 Å². The summed E-state index contributed by atoms with van der Waals surface area (Å²) in [4.78, 5) is 3.36. The molecule has 0 amide bonds. The lowest BCUT2D eigenvalue weighted by molar-refractivity contribution is -0.0714.